The third-order valence-corrected chi connectivity index (χ3v) is 12.9. The van der Waals surface area contributed by atoms with Crippen molar-refractivity contribution in [2.75, 3.05) is 32.6 Å². The second kappa shape index (κ2) is 19.6. The molecule has 2 aliphatic heterocycles. The first-order valence-electron chi connectivity index (χ1n) is 21.2. The number of rotatable bonds is 9. The van der Waals surface area contributed by atoms with Crippen LogP contribution in [-0.2, 0) is 0 Å². The molecule has 0 radical (unpaired) electrons. The molecule has 3 unspecified atom stereocenters. The fourth-order valence-electron chi connectivity index (χ4n) is 9.89. The Morgan fingerprint density at radius 2 is 1.52 bits per heavy atom. The van der Waals surface area contributed by atoms with Gasteiger partial charge in [-0.2, -0.15) is 0 Å². The fraction of sp³-hybridized carbons (Fsp3) is 0.705. The average Bonchev–Trinajstić information content (AvgIpc) is 3.51. The standard InChI is InChI=1S/C44H70N6O2/c1-34(35-20-19-25-40(31-35)52-3)47-42(51)36-21-18-22-38(30-36)45-33-41-48-50(39-23-14-10-6-4-7-11-15-24-39)43(49(41)2)37-26-29-46-44(32-37)27-16-12-8-5-9-13-17-28-44/h18-22,25,30-31,34,37,39,41,43,45-46,48H,4-17,23-24,26-29,32-33H2,1-3H3,(H,47,51)/t34-,37?,41?,43?/m1/s1. The number of methoxy groups -OCH3 is 1. The predicted octanol–water partition coefficient (Wildman–Crippen LogP) is 9.16. The molecule has 4 fully saturated rings. The van der Waals surface area contributed by atoms with Gasteiger partial charge in [0.1, 0.15) is 5.75 Å². The molecule has 6 rings (SSSR count). The van der Waals surface area contributed by atoms with Crippen LogP contribution in [0.1, 0.15) is 157 Å². The summed E-state index contributed by atoms with van der Waals surface area (Å²) in [4.78, 5) is 16.1. The first-order chi connectivity index (χ1) is 25.4. The van der Waals surface area contributed by atoms with Crippen LogP contribution in [0.4, 0.5) is 5.69 Å². The van der Waals surface area contributed by atoms with Gasteiger partial charge in [-0.15, -0.1) is 0 Å². The van der Waals surface area contributed by atoms with E-state index in [1.165, 1.54) is 128 Å². The van der Waals surface area contributed by atoms with Crippen molar-refractivity contribution in [1.29, 1.82) is 0 Å². The lowest BCUT2D eigenvalue weighted by atomic mass is 9.73. The predicted molar refractivity (Wildman–Crippen MR) is 214 cm³/mol. The van der Waals surface area contributed by atoms with Crippen LogP contribution >= 0.6 is 0 Å². The van der Waals surface area contributed by atoms with Crippen molar-refractivity contribution in [3.8, 4) is 5.75 Å². The number of anilines is 1. The number of hydrazine groups is 1. The summed E-state index contributed by atoms with van der Waals surface area (Å²) in [7, 11) is 4.04. The maximum atomic E-state index is 13.4. The Hall–Kier alpha value is -2.65. The third kappa shape index (κ3) is 10.5. The molecule has 2 aromatic carbocycles. The molecule has 4 atom stereocenters. The van der Waals surface area contributed by atoms with Gasteiger partial charge < -0.3 is 20.7 Å². The minimum Gasteiger partial charge on any atom is -0.497 e. The van der Waals surface area contributed by atoms with E-state index in [9.17, 15) is 4.79 Å². The van der Waals surface area contributed by atoms with E-state index in [0.717, 1.165) is 30.1 Å². The number of carbonyl (C=O) groups is 1. The number of hydrogen-bond acceptors (Lipinski definition) is 7. The van der Waals surface area contributed by atoms with E-state index in [4.69, 9.17) is 4.74 Å². The van der Waals surface area contributed by atoms with Crippen molar-refractivity contribution in [1.82, 2.24) is 26.0 Å². The van der Waals surface area contributed by atoms with Crippen LogP contribution in [0, 0.1) is 5.92 Å². The number of hydrogen-bond donors (Lipinski definition) is 4. The van der Waals surface area contributed by atoms with Gasteiger partial charge in [-0.1, -0.05) is 108 Å². The molecule has 2 heterocycles. The van der Waals surface area contributed by atoms with E-state index in [1.807, 2.05) is 49.4 Å². The maximum absolute atomic E-state index is 13.4. The van der Waals surface area contributed by atoms with Crippen molar-refractivity contribution in [3.63, 3.8) is 0 Å². The molecule has 4 N–H and O–H groups in total. The SMILES string of the molecule is COc1cccc([C@@H](C)NC(=O)c2cccc(NCC3NN(C4CCCCCCCCC4)C(C4CCNC5(CCCCCCCCC5)C4)N3C)c2)c1. The van der Waals surface area contributed by atoms with Crippen molar-refractivity contribution in [2.24, 2.45) is 5.92 Å². The molecule has 2 aromatic rings. The lowest BCUT2D eigenvalue weighted by Crippen LogP contribution is -2.58. The van der Waals surface area contributed by atoms with E-state index < -0.39 is 0 Å². The Morgan fingerprint density at radius 1 is 0.865 bits per heavy atom. The summed E-state index contributed by atoms with van der Waals surface area (Å²) in [6.07, 6.45) is 27.7. The van der Waals surface area contributed by atoms with Crippen LogP contribution in [0.25, 0.3) is 0 Å². The van der Waals surface area contributed by atoms with Crippen molar-refractivity contribution < 1.29 is 9.53 Å². The number of piperidine rings is 1. The molecule has 288 valence electrons. The molecule has 2 saturated heterocycles. The molecule has 1 spiro atoms. The molecule has 4 aliphatic rings. The minimum atomic E-state index is -0.133. The average molecular weight is 715 g/mol. The van der Waals surface area contributed by atoms with Crippen molar-refractivity contribution in [2.45, 2.75) is 165 Å². The van der Waals surface area contributed by atoms with Gasteiger partial charge in [0.2, 0.25) is 0 Å². The van der Waals surface area contributed by atoms with Gasteiger partial charge in [-0.3, -0.25) is 9.69 Å². The molecule has 8 heteroatoms. The first kappa shape index (κ1) is 39.1. The largest absolute Gasteiger partial charge is 0.497 e. The molecule has 0 aromatic heterocycles. The van der Waals surface area contributed by atoms with Gasteiger partial charge in [0, 0.05) is 29.4 Å². The van der Waals surface area contributed by atoms with Crippen LogP contribution in [0.15, 0.2) is 48.5 Å². The van der Waals surface area contributed by atoms with Gasteiger partial charge in [0.15, 0.2) is 0 Å². The minimum absolute atomic E-state index is 0.0716. The van der Waals surface area contributed by atoms with Gasteiger partial charge in [0.25, 0.3) is 5.91 Å². The summed E-state index contributed by atoms with van der Waals surface area (Å²) >= 11 is 0. The van der Waals surface area contributed by atoms with Crippen molar-refractivity contribution in [3.05, 3.63) is 59.7 Å². The highest BCUT2D eigenvalue weighted by molar-refractivity contribution is 5.95. The lowest BCUT2D eigenvalue weighted by molar-refractivity contribution is -0.00267. The Morgan fingerprint density at radius 3 is 2.21 bits per heavy atom. The summed E-state index contributed by atoms with van der Waals surface area (Å²) in [6, 6.07) is 16.3. The zero-order valence-corrected chi connectivity index (χ0v) is 32.8. The number of nitrogens with one attached hydrogen (secondary N) is 4. The Balaban J connectivity index is 1.15. The molecular formula is C44H70N6O2. The van der Waals surface area contributed by atoms with Crippen molar-refractivity contribution >= 4 is 11.6 Å². The number of carbonyl (C=O) groups excluding carboxylic acids is 1. The topological polar surface area (TPSA) is 80.9 Å². The highest BCUT2D eigenvalue weighted by atomic mass is 16.5. The molecule has 0 bridgehead atoms. The second-order valence-corrected chi connectivity index (χ2v) is 16.7. The van der Waals surface area contributed by atoms with Crippen LogP contribution < -0.4 is 26.1 Å². The quantitative estimate of drug-likeness (QED) is 0.206. The zero-order chi connectivity index (χ0) is 36.2. The lowest BCUT2D eigenvalue weighted by Gasteiger charge is -2.48. The summed E-state index contributed by atoms with van der Waals surface area (Å²) in [5.41, 5.74) is 7.08. The molecule has 2 aliphatic carbocycles. The number of nitrogens with zero attached hydrogens (tertiary/aromatic N) is 2. The summed E-state index contributed by atoms with van der Waals surface area (Å²) in [6.45, 7) is 3.93. The first-order valence-corrected chi connectivity index (χ1v) is 21.2. The zero-order valence-electron chi connectivity index (χ0n) is 32.8. The molecular weight excluding hydrogens is 645 g/mol. The number of amides is 1. The maximum Gasteiger partial charge on any atom is 0.251 e. The Labute approximate surface area is 315 Å². The molecule has 8 nitrogen and oxygen atoms in total. The van der Waals surface area contributed by atoms with Gasteiger partial charge in [-0.25, -0.2) is 10.4 Å². The van der Waals surface area contributed by atoms with Crippen LogP contribution in [0.3, 0.4) is 0 Å². The van der Waals surface area contributed by atoms with Crippen LogP contribution in [-0.4, -0.2) is 67.0 Å². The molecule has 52 heavy (non-hydrogen) atoms. The van der Waals surface area contributed by atoms with E-state index in [1.54, 1.807) is 7.11 Å². The van der Waals surface area contributed by atoms with E-state index in [2.05, 4.69) is 44.4 Å². The van der Waals surface area contributed by atoms with E-state index in [0.29, 0.717) is 29.2 Å². The second-order valence-electron chi connectivity index (χ2n) is 16.7. The highest BCUT2D eigenvalue weighted by Gasteiger charge is 2.47. The fourth-order valence-corrected chi connectivity index (χ4v) is 9.89. The van der Waals surface area contributed by atoms with Crippen LogP contribution in [0.2, 0.25) is 0 Å². The van der Waals surface area contributed by atoms with Gasteiger partial charge in [0.05, 0.1) is 25.5 Å². The normalized spacial score (nSPS) is 26.7. The van der Waals surface area contributed by atoms with Crippen LogP contribution in [0.5, 0.6) is 5.75 Å². The Bertz CT molecular complexity index is 1370. The Kier molecular flexibility index (Phi) is 14.7. The molecule has 1 amide bonds. The van der Waals surface area contributed by atoms with E-state index in [-0.39, 0.29) is 18.1 Å². The van der Waals surface area contributed by atoms with Gasteiger partial charge >= 0.3 is 0 Å². The summed E-state index contributed by atoms with van der Waals surface area (Å²) in [5, 5.41) is 13.8. The van der Waals surface area contributed by atoms with Gasteiger partial charge in [-0.05, 0) is 101 Å². The molecule has 2 saturated carbocycles. The third-order valence-electron chi connectivity index (χ3n) is 12.9. The van der Waals surface area contributed by atoms with E-state index >= 15 is 0 Å². The monoisotopic (exact) mass is 715 g/mol. The number of likely N-dealkylation sites (N-methyl/N-ethyl adjacent to an activating group) is 1. The summed E-state index contributed by atoms with van der Waals surface area (Å²) in [5.74, 6) is 1.36. The number of benzene rings is 2. The highest BCUT2D eigenvalue weighted by Crippen LogP contribution is 2.40. The summed E-state index contributed by atoms with van der Waals surface area (Å²) < 4.78 is 5.40. The number of ether oxygens (including phenoxy) is 1. The smallest absolute Gasteiger partial charge is 0.251 e.